The average molecular weight is 207 g/mol. The fourth-order valence-electron chi connectivity index (χ4n) is 0.372. The number of hydrogen-bond acceptors (Lipinski definition) is 3. The number of nitro groups is 1. The van der Waals surface area contributed by atoms with Crippen LogP contribution in [-0.2, 0) is 0 Å². The molecule has 0 atom stereocenters. The van der Waals surface area contributed by atoms with Gasteiger partial charge in [-0.3, -0.25) is 10.1 Å². The number of rotatable bonds is 1. The average Bonchev–Trinajstić information content (AvgIpc) is 2.13. The van der Waals surface area contributed by atoms with E-state index in [0.29, 0.717) is 4.47 Å². The normalized spacial score (nSPS) is 9.44. The lowest BCUT2D eigenvalue weighted by atomic mass is 10.6. The molecule has 47 valence electrons. The van der Waals surface area contributed by atoms with E-state index in [1.165, 1.54) is 6.07 Å². The molecule has 0 spiro atoms. The molecule has 0 amide bonds. The zero-order chi connectivity index (χ0) is 6.85. The molecule has 1 aromatic rings. The molecule has 0 aromatic carbocycles. The molecule has 5 heteroatoms. The summed E-state index contributed by atoms with van der Waals surface area (Å²) in [6.07, 6.45) is 0. The van der Waals surface area contributed by atoms with Crippen LogP contribution in [-0.4, -0.2) is 4.92 Å². The number of halogens is 1. The van der Waals surface area contributed by atoms with E-state index in [1.807, 2.05) is 0 Å². The number of thiophene rings is 1. The minimum absolute atomic E-state index is 0.106. The van der Waals surface area contributed by atoms with E-state index in [9.17, 15) is 10.1 Å². The van der Waals surface area contributed by atoms with Gasteiger partial charge in [0.25, 0.3) is 0 Å². The molecule has 0 bridgehead atoms. The highest BCUT2D eigenvalue weighted by Gasteiger charge is 2.11. The molecule has 0 fully saturated rings. The fourth-order valence-corrected chi connectivity index (χ4v) is 1.54. The molecule has 9 heavy (non-hydrogen) atoms. The van der Waals surface area contributed by atoms with Crippen LogP contribution in [0.15, 0.2) is 10.5 Å². The second kappa shape index (κ2) is 2.45. The monoisotopic (exact) mass is 206 g/mol. The van der Waals surface area contributed by atoms with Gasteiger partial charge in [0.05, 0.1) is 10.3 Å². The van der Waals surface area contributed by atoms with E-state index in [-0.39, 0.29) is 5.00 Å². The van der Waals surface area contributed by atoms with Crippen molar-refractivity contribution < 1.29 is 4.92 Å². The van der Waals surface area contributed by atoms with Crippen molar-refractivity contribution in [1.82, 2.24) is 0 Å². The first-order chi connectivity index (χ1) is 4.22. The summed E-state index contributed by atoms with van der Waals surface area (Å²) in [6, 6.07) is 1.53. The molecule has 1 radical (unpaired) electrons. The largest absolute Gasteiger partial charge is 0.338 e. The Morgan fingerprint density at radius 2 is 2.56 bits per heavy atom. The standard InChI is InChI=1S/C4HBrNO2S/c5-3-1-2-9-4(3)6(7)8/h1H. The Kier molecular flexibility index (Phi) is 1.82. The molecular formula is C4HBrNO2S. The molecule has 0 saturated carbocycles. The molecule has 0 aliphatic rings. The highest BCUT2D eigenvalue weighted by molar-refractivity contribution is 9.10. The lowest BCUT2D eigenvalue weighted by molar-refractivity contribution is -0.380. The minimum atomic E-state index is -0.439. The van der Waals surface area contributed by atoms with Crippen LogP contribution < -0.4 is 0 Å². The van der Waals surface area contributed by atoms with E-state index in [2.05, 4.69) is 21.3 Å². The summed E-state index contributed by atoms with van der Waals surface area (Å²) in [5.41, 5.74) is 0. The Morgan fingerprint density at radius 3 is 2.78 bits per heavy atom. The van der Waals surface area contributed by atoms with Crippen LogP contribution in [0, 0.1) is 15.5 Å². The molecule has 0 aliphatic heterocycles. The van der Waals surface area contributed by atoms with Gasteiger partial charge in [-0.15, -0.1) is 0 Å². The molecule has 1 aromatic heterocycles. The van der Waals surface area contributed by atoms with Crippen LogP contribution in [0.1, 0.15) is 0 Å². The third-order valence-corrected chi connectivity index (χ3v) is 2.38. The first-order valence-corrected chi connectivity index (χ1v) is 3.62. The van der Waals surface area contributed by atoms with Crippen LogP contribution in [0.5, 0.6) is 0 Å². The topological polar surface area (TPSA) is 43.1 Å². The van der Waals surface area contributed by atoms with Crippen molar-refractivity contribution in [3.63, 3.8) is 0 Å². The molecule has 0 unspecified atom stereocenters. The summed E-state index contributed by atoms with van der Waals surface area (Å²) in [5.74, 6) is 0. The van der Waals surface area contributed by atoms with Gasteiger partial charge in [-0.05, 0) is 22.0 Å². The van der Waals surface area contributed by atoms with Gasteiger partial charge < -0.3 is 0 Å². The highest BCUT2D eigenvalue weighted by atomic mass is 79.9. The van der Waals surface area contributed by atoms with E-state index in [1.54, 1.807) is 0 Å². The van der Waals surface area contributed by atoms with E-state index < -0.39 is 4.92 Å². The highest BCUT2D eigenvalue weighted by Crippen LogP contribution is 2.29. The maximum atomic E-state index is 10.0. The molecule has 3 nitrogen and oxygen atoms in total. The summed E-state index contributed by atoms with van der Waals surface area (Å²) in [4.78, 5) is 9.61. The predicted octanol–water partition coefficient (Wildman–Crippen LogP) is 2.22. The SMILES string of the molecule is O=[N+]([O-])c1s[c]cc1Br. The summed E-state index contributed by atoms with van der Waals surface area (Å²) in [5, 5.41) is 12.8. The summed E-state index contributed by atoms with van der Waals surface area (Å²) in [6.45, 7) is 0. The Balaban J connectivity index is 3.08. The van der Waals surface area contributed by atoms with Gasteiger partial charge in [-0.2, -0.15) is 0 Å². The second-order valence-corrected chi connectivity index (χ2v) is 2.96. The summed E-state index contributed by atoms with van der Waals surface area (Å²) in [7, 11) is 0. The first-order valence-electron chi connectivity index (χ1n) is 2.01. The van der Waals surface area contributed by atoms with E-state index >= 15 is 0 Å². The van der Waals surface area contributed by atoms with Gasteiger partial charge >= 0.3 is 5.00 Å². The van der Waals surface area contributed by atoms with Gasteiger partial charge in [0.2, 0.25) is 0 Å². The summed E-state index contributed by atoms with van der Waals surface area (Å²) < 4.78 is 0.498. The predicted molar refractivity (Wildman–Crippen MR) is 37.5 cm³/mol. The molecule has 0 saturated heterocycles. The maximum Gasteiger partial charge on any atom is 0.338 e. The molecule has 0 N–H and O–H groups in total. The second-order valence-electron chi connectivity index (χ2n) is 1.27. The molecule has 1 heterocycles. The van der Waals surface area contributed by atoms with Gasteiger partial charge in [0.1, 0.15) is 4.47 Å². The maximum absolute atomic E-state index is 10.0. The van der Waals surface area contributed by atoms with Crippen LogP contribution >= 0.6 is 27.3 Å². The van der Waals surface area contributed by atoms with Crippen molar-refractivity contribution in [2.75, 3.05) is 0 Å². The van der Waals surface area contributed by atoms with Crippen molar-refractivity contribution in [2.24, 2.45) is 0 Å². The molecule has 1 rings (SSSR count). The van der Waals surface area contributed by atoms with Gasteiger partial charge in [0, 0.05) is 0 Å². The zero-order valence-electron chi connectivity index (χ0n) is 4.13. The third-order valence-electron chi connectivity index (χ3n) is 0.711. The van der Waals surface area contributed by atoms with Gasteiger partial charge in [-0.1, -0.05) is 11.3 Å². The Morgan fingerprint density at radius 1 is 1.89 bits per heavy atom. The van der Waals surface area contributed by atoms with Crippen LogP contribution in [0.3, 0.4) is 0 Å². The number of hydrogen-bond donors (Lipinski definition) is 0. The third kappa shape index (κ3) is 1.28. The van der Waals surface area contributed by atoms with Crippen molar-refractivity contribution in [3.05, 3.63) is 26.0 Å². The lowest BCUT2D eigenvalue weighted by Gasteiger charge is -1.81. The van der Waals surface area contributed by atoms with E-state index in [0.717, 1.165) is 11.3 Å². The Hall–Kier alpha value is -0.420. The zero-order valence-corrected chi connectivity index (χ0v) is 6.53. The van der Waals surface area contributed by atoms with Crippen LogP contribution in [0.25, 0.3) is 0 Å². The Bertz CT molecular complexity index is 234. The van der Waals surface area contributed by atoms with Crippen LogP contribution in [0.4, 0.5) is 5.00 Å². The van der Waals surface area contributed by atoms with Crippen molar-refractivity contribution >= 4 is 32.3 Å². The first kappa shape index (κ1) is 6.70. The smallest absolute Gasteiger partial charge is 0.258 e. The van der Waals surface area contributed by atoms with Gasteiger partial charge in [0.15, 0.2) is 0 Å². The molecular weight excluding hydrogens is 206 g/mol. The van der Waals surface area contributed by atoms with Crippen molar-refractivity contribution in [2.45, 2.75) is 0 Å². The molecule has 0 aliphatic carbocycles. The van der Waals surface area contributed by atoms with Gasteiger partial charge in [-0.25, -0.2) is 0 Å². The van der Waals surface area contributed by atoms with Crippen molar-refractivity contribution in [1.29, 1.82) is 0 Å². The Labute approximate surface area is 63.6 Å². The van der Waals surface area contributed by atoms with Crippen LogP contribution in [0.2, 0.25) is 0 Å². The summed E-state index contributed by atoms with van der Waals surface area (Å²) >= 11 is 3.99. The van der Waals surface area contributed by atoms with E-state index in [4.69, 9.17) is 0 Å². The van der Waals surface area contributed by atoms with Crippen molar-refractivity contribution in [3.8, 4) is 0 Å². The lowest BCUT2D eigenvalue weighted by Crippen LogP contribution is -1.82. The fraction of sp³-hybridized carbons (Fsp3) is 0. The minimum Gasteiger partial charge on any atom is -0.258 e. The quantitative estimate of drug-likeness (QED) is 0.523. The number of nitrogens with zero attached hydrogens (tertiary/aromatic N) is 1.